The molecule has 6 heteroatoms. The SMILES string of the molecule is Cc1ccc(CN(C)C(=O)[C@H](Cc2ccccc2)NC(=O)c2ccco2)o1. The number of carbonyl (C=O) groups is 2. The molecule has 0 bridgehead atoms. The Morgan fingerprint density at radius 1 is 1.07 bits per heavy atom. The summed E-state index contributed by atoms with van der Waals surface area (Å²) in [6.45, 7) is 2.18. The van der Waals surface area contributed by atoms with E-state index in [1.807, 2.05) is 49.4 Å². The van der Waals surface area contributed by atoms with E-state index in [2.05, 4.69) is 5.32 Å². The topological polar surface area (TPSA) is 75.7 Å². The Bertz CT molecular complexity index is 884. The summed E-state index contributed by atoms with van der Waals surface area (Å²) in [6.07, 6.45) is 1.81. The summed E-state index contributed by atoms with van der Waals surface area (Å²) in [5, 5.41) is 2.79. The van der Waals surface area contributed by atoms with E-state index in [9.17, 15) is 9.59 Å². The van der Waals surface area contributed by atoms with Gasteiger partial charge in [-0.25, -0.2) is 0 Å². The molecular formula is C21H22N2O4. The zero-order valence-corrected chi connectivity index (χ0v) is 15.3. The lowest BCUT2D eigenvalue weighted by molar-refractivity contribution is -0.132. The van der Waals surface area contributed by atoms with Crippen LogP contribution in [-0.2, 0) is 17.8 Å². The lowest BCUT2D eigenvalue weighted by Crippen LogP contribution is -2.48. The Morgan fingerprint density at radius 2 is 1.85 bits per heavy atom. The highest BCUT2D eigenvalue weighted by atomic mass is 16.3. The number of amides is 2. The molecule has 0 spiro atoms. The molecule has 2 aromatic heterocycles. The van der Waals surface area contributed by atoms with Crippen molar-refractivity contribution >= 4 is 11.8 Å². The summed E-state index contributed by atoms with van der Waals surface area (Å²) in [5.41, 5.74) is 0.956. The number of rotatable bonds is 7. The number of carbonyl (C=O) groups excluding carboxylic acids is 2. The van der Waals surface area contributed by atoms with Gasteiger partial charge in [0.15, 0.2) is 5.76 Å². The first-order valence-corrected chi connectivity index (χ1v) is 8.71. The first kappa shape index (κ1) is 18.5. The van der Waals surface area contributed by atoms with Crippen LogP contribution in [0.5, 0.6) is 0 Å². The maximum absolute atomic E-state index is 13.0. The largest absolute Gasteiger partial charge is 0.464 e. The third kappa shape index (κ3) is 4.88. The highest BCUT2D eigenvalue weighted by Crippen LogP contribution is 2.12. The van der Waals surface area contributed by atoms with E-state index in [0.29, 0.717) is 18.7 Å². The van der Waals surface area contributed by atoms with Crippen molar-refractivity contribution in [2.45, 2.75) is 25.9 Å². The van der Waals surface area contributed by atoms with E-state index in [1.54, 1.807) is 24.1 Å². The van der Waals surface area contributed by atoms with E-state index in [-0.39, 0.29) is 11.7 Å². The van der Waals surface area contributed by atoms with Gasteiger partial charge in [-0.15, -0.1) is 0 Å². The molecule has 0 aliphatic heterocycles. The van der Waals surface area contributed by atoms with Crippen molar-refractivity contribution in [3.63, 3.8) is 0 Å². The van der Waals surface area contributed by atoms with Crippen LogP contribution in [0, 0.1) is 6.92 Å². The van der Waals surface area contributed by atoms with Gasteiger partial charge < -0.3 is 19.1 Å². The first-order chi connectivity index (χ1) is 13.0. The van der Waals surface area contributed by atoms with Crippen LogP contribution in [-0.4, -0.2) is 29.8 Å². The van der Waals surface area contributed by atoms with Crippen molar-refractivity contribution in [1.29, 1.82) is 0 Å². The number of nitrogens with one attached hydrogen (secondary N) is 1. The second-order valence-electron chi connectivity index (χ2n) is 6.40. The molecular weight excluding hydrogens is 344 g/mol. The molecule has 27 heavy (non-hydrogen) atoms. The average molecular weight is 366 g/mol. The lowest BCUT2D eigenvalue weighted by atomic mass is 10.0. The van der Waals surface area contributed by atoms with E-state index in [4.69, 9.17) is 8.83 Å². The summed E-state index contributed by atoms with van der Waals surface area (Å²) in [7, 11) is 1.69. The van der Waals surface area contributed by atoms with Crippen molar-refractivity contribution in [3.8, 4) is 0 Å². The smallest absolute Gasteiger partial charge is 0.287 e. The Morgan fingerprint density at radius 3 is 2.48 bits per heavy atom. The highest BCUT2D eigenvalue weighted by molar-refractivity contribution is 5.95. The highest BCUT2D eigenvalue weighted by Gasteiger charge is 2.26. The van der Waals surface area contributed by atoms with E-state index in [0.717, 1.165) is 11.3 Å². The summed E-state index contributed by atoms with van der Waals surface area (Å²) < 4.78 is 10.7. The van der Waals surface area contributed by atoms with Crippen LogP contribution in [0.25, 0.3) is 0 Å². The Hall–Kier alpha value is -3.28. The molecule has 0 saturated carbocycles. The van der Waals surface area contributed by atoms with E-state index < -0.39 is 11.9 Å². The molecule has 0 radical (unpaired) electrons. The van der Waals surface area contributed by atoms with Crippen molar-refractivity contribution in [3.05, 3.63) is 83.7 Å². The van der Waals surface area contributed by atoms with Gasteiger partial charge in [-0.05, 0) is 36.8 Å². The van der Waals surface area contributed by atoms with Crippen LogP contribution in [0.1, 0.15) is 27.6 Å². The molecule has 3 rings (SSSR count). The molecule has 2 heterocycles. The number of likely N-dealkylation sites (N-methyl/N-ethyl adjacent to an activating group) is 1. The van der Waals surface area contributed by atoms with Gasteiger partial charge in [-0.2, -0.15) is 0 Å². The molecule has 0 aliphatic rings. The Labute approximate surface area is 157 Å². The maximum Gasteiger partial charge on any atom is 0.287 e. The normalized spacial score (nSPS) is 11.8. The molecule has 140 valence electrons. The minimum absolute atomic E-state index is 0.171. The Balaban J connectivity index is 1.74. The van der Waals surface area contributed by atoms with Crippen molar-refractivity contribution in [2.75, 3.05) is 7.05 Å². The molecule has 1 atom stereocenters. The van der Waals surface area contributed by atoms with Gasteiger partial charge in [0.1, 0.15) is 17.6 Å². The third-order valence-electron chi connectivity index (χ3n) is 4.20. The fourth-order valence-corrected chi connectivity index (χ4v) is 2.83. The number of nitrogens with zero attached hydrogens (tertiary/aromatic N) is 1. The van der Waals surface area contributed by atoms with Crippen LogP contribution in [0.3, 0.4) is 0 Å². The predicted molar refractivity (Wildman–Crippen MR) is 100 cm³/mol. The summed E-state index contributed by atoms with van der Waals surface area (Å²) >= 11 is 0. The van der Waals surface area contributed by atoms with Crippen LogP contribution in [0.15, 0.2) is 69.7 Å². The average Bonchev–Trinajstić information content (AvgIpc) is 3.33. The number of hydrogen-bond donors (Lipinski definition) is 1. The second-order valence-corrected chi connectivity index (χ2v) is 6.40. The van der Waals surface area contributed by atoms with E-state index in [1.165, 1.54) is 6.26 Å². The summed E-state index contributed by atoms with van der Waals surface area (Å²) in [5.74, 6) is 1.03. The molecule has 0 unspecified atom stereocenters. The minimum atomic E-state index is -0.717. The second kappa shape index (κ2) is 8.40. The molecule has 1 N–H and O–H groups in total. The summed E-state index contributed by atoms with van der Waals surface area (Å²) in [6, 6.07) is 15.7. The van der Waals surface area contributed by atoms with Gasteiger partial charge in [-0.1, -0.05) is 30.3 Å². The zero-order chi connectivity index (χ0) is 19.2. The van der Waals surface area contributed by atoms with Crippen molar-refractivity contribution < 1.29 is 18.4 Å². The molecule has 1 aromatic carbocycles. The molecule has 6 nitrogen and oxygen atoms in total. The number of benzene rings is 1. The van der Waals surface area contributed by atoms with Gasteiger partial charge in [0.2, 0.25) is 5.91 Å². The number of furan rings is 2. The van der Waals surface area contributed by atoms with Crippen LogP contribution < -0.4 is 5.32 Å². The molecule has 0 saturated heterocycles. The van der Waals surface area contributed by atoms with Crippen molar-refractivity contribution in [1.82, 2.24) is 10.2 Å². The molecule has 0 aliphatic carbocycles. The summed E-state index contributed by atoms with van der Waals surface area (Å²) in [4.78, 5) is 27.0. The third-order valence-corrected chi connectivity index (χ3v) is 4.20. The van der Waals surface area contributed by atoms with Gasteiger partial charge in [0.25, 0.3) is 5.91 Å². The lowest BCUT2D eigenvalue weighted by Gasteiger charge is -2.24. The fourth-order valence-electron chi connectivity index (χ4n) is 2.83. The fraction of sp³-hybridized carbons (Fsp3) is 0.238. The van der Waals surface area contributed by atoms with Gasteiger partial charge in [-0.3, -0.25) is 9.59 Å². The molecule has 3 aromatic rings. The predicted octanol–water partition coefficient (Wildman–Crippen LogP) is 3.18. The number of hydrogen-bond acceptors (Lipinski definition) is 4. The van der Waals surface area contributed by atoms with E-state index >= 15 is 0 Å². The minimum Gasteiger partial charge on any atom is -0.464 e. The van der Waals surface area contributed by atoms with Crippen molar-refractivity contribution in [2.24, 2.45) is 0 Å². The molecule has 2 amide bonds. The standard InChI is InChI=1S/C21H22N2O4/c1-15-10-11-17(27-15)14-23(2)21(25)18(13-16-7-4-3-5-8-16)22-20(24)19-9-6-12-26-19/h3-12,18H,13-14H2,1-2H3,(H,22,24)/t18-/m0/s1. The number of aryl methyl sites for hydroxylation is 1. The van der Waals surface area contributed by atoms with Gasteiger partial charge in [0.05, 0.1) is 12.8 Å². The zero-order valence-electron chi connectivity index (χ0n) is 15.3. The maximum atomic E-state index is 13.0. The van der Waals surface area contributed by atoms with Crippen LogP contribution >= 0.6 is 0 Å². The monoisotopic (exact) mass is 366 g/mol. The quantitative estimate of drug-likeness (QED) is 0.697. The van der Waals surface area contributed by atoms with Gasteiger partial charge >= 0.3 is 0 Å². The van der Waals surface area contributed by atoms with Gasteiger partial charge in [0, 0.05) is 13.5 Å². The van der Waals surface area contributed by atoms with Crippen LogP contribution in [0.2, 0.25) is 0 Å². The first-order valence-electron chi connectivity index (χ1n) is 8.71. The Kier molecular flexibility index (Phi) is 5.76. The van der Waals surface area contributed by atoms with Crippen LogP contribution in [0.4, 0.5) is 0 Å². The molecule has 0 fully saturated rings.